The number of methoxy groups -OCH3 is 1. The summed E-state index contributed by atoms with van der Waals surface area (Å²) in [6.07, 6.45) is 0. The van der Waals surface area contributed by atoms with Crippen LogP contribution in [-0.2, 0) is 4.79 Å². The molecule has 8 heteroatoms. The molecule has 3 rings (SSSR count). The molecule has 3 aromatic rings. The fourth-order valence-electron chi connectivity index (χ4n) is 2.30. The summed E-state index contributed by atoms with van der Waals surface area (Å²) in [6.45, 7) is 1.88. The van der Waals surface area contributed by atoms with Gasteiger partial charge in [-0.15, -0.1) is 23.1 Å². The van der Waals surface area contributed by atoms with Crippen molar-refractivity contribution in [1.82, 2.24) is 4.98 Å². The van der Waals surface area contributed by atoms with Crippen molar-refractivity contribution in [3.63, 3.8) is 0 Å². The first-order valence-corrected chi connectivity index (χ1v) is 10.3. The lowest BCUT2D eigenvalue weighted by molar-refractivity contribution is -0.113. The van der Waals surface area contributed by atoms with Crippen LogP contribution in [0.4, 0.5) is 10.8 Å². The van der Waals surface area contributed by atoms with E-state index in [9.17, 15) is 9.59 Å². The Bertz CT molecular complexity index is 954. The van der Waals surface area contributed by atoms with Crippen LogP contribution in [0.3, 0.4) is 0 Å². The molecule has 0 unspecified atom stereocenters. The van der Waals surface area contributed by atoms with E-state index in [1.807, 2.05) is 36.6 Å². The van der Waals surface area contributed by atoms with Gasteiger partial charge in [-0.25, -0.2) is 4.98 Å². The molecule has 0 fully saturated rings. The van der Waals surface area contributed by atoms with Gasteiger partial charge < -0.3 is 15.4 Å². The molecule has 1 heterocycles. The van der Waals surface area contributed by atoms with Gasteiger partial charge in [0.05, 0.1) is 18.6 Å². The number of hydrogen-bond donors (Lipinski definition) is 2. The van der Waals surface area contributed by atoms with Crippen LogP contribution in [0.2, 0.25) is 0 Å². The third-order valence-corrected chi connectivity index (χ3v) is 5.59. The van der Waals surface area contributed by atoms with Gasteiger partial charge in [-0.3, -0.25) is 9.59 Å². The summed E-state index contributed by atoms with van der Waals surface area (Å²) in [5, 5.41) is 8.13. The second-order valence-electron chi connectivity index (χ2n) is 5.84. The van der Waals surface area contributed by atoms with E-state index < -0.39 is 0 Å². The molecule has 2 amide bonds. The number of nitrogens with zero attached hydrogens (tertiary/aromatic N) is 1. The molecule has 28 heavy (non-hydrogen) atoms. The number of aromatic nitrogens is 1. The lowest BCUT2D eigenvalue weighted by atomic mass is 10.2. The topological polar surface area (TPSA) is 80.3 Å². The summed E-state index contributed by atoms with van der Waals surface area (Å²) < 4.78 is 5.09. The molecule has 0 aliphatic rings. The Kier molecular flexibility index (Phi) is 6.67. The number of carbonyl (C=O) groups excluding carboxylic acids is 2. The number of rotatable bonds is 7. The third-order valence-electron chi connectivity index (χ3n) is 3.70. The minimum atomic E-state index is -0.193. The van der Waals surface area contributed by atoms with Gasteiger partial charge in [0.2, 0.25) is 5.91 Å². The zero-order valence-electron chi connectivity index (χ0n) is 15.4. The van der Waals surface area contributed by atoms with Gasteiger partial charge in [-0.1, -0.05) is 0 Å². The Morgan fingerprint density at radius 3 is 2.39 bits per heavy atom. The van der Waals surface area contributed by atoms with Gasteiger partial charge in [0.15, 0.2) is 5.13 Å². The SMILES string of the molecule is COc1ccc(C(=O)Nc2ccc(SCC(=O)Nc3nc(C)cs3)cc2)cc1. The van der Waals surface area contributed by atoms with E-state index >= 15 is 0 Å². The monoisotopic (exact) mass is 413 g/mol. The number of ether oxygens (including phenoxy) is 1. The predicted molar refractivity (Wildman–Crippen MR) is 114 cm³/mol. The van der Waals surface area contributed by atoms with Gasteiger partial charge in [-0.05, 0) is 55.5 Å². The molecule has 0 aliphatic heterocycles. The van der Waals surface area contributed by atoms with Crippen molar-refractivity contribution in [3.8, 4) is 5.75 Å². The molecule has 6 nitrogen and oxygen atoms in total. The van der Waals surface area contributed by atoms with Crippen LogP contribution in [0.25, 0.3) is 0 Å². The minimum absolute atomic E-state index is 0.101. The summed E-state index contributed by atoms with van der Waals surface area (Å²) in [4.78, 5) is 29.4. The Morgan fingerprint density at radius 1 is 1.07 bits per heavy atom. The molecule has 2 aromatic carbocycles. The molecule has 0 saturated heterocycles. The number of carbonyl (C=O) groups is 2. The summed E-state index contributed by atoms with van der Waals surface area (Å²) >= 11 is 2.83. The van der Waals surface area contributed by atoms with E-state index in [-0.39, 0.29) is 17.6 Å². The maximum Gasteiger partial charge on any atom is 0.255 e. The first kappa shape index (κ1) is 19.9. The highest BCUT2D eigenvalue weighted by Crippen LogP contribution is 2.22. The molecule has 0 saturated carbocycles. The molecular formula is C20H19N3O3S2. The molecule has 0 bridgehead atoms. The average Bonchev–Trinajstić information content (AvgIpc) is 3.12. The number of thioether (sulfide) groups is 1. The second-order valence-corrected chi connectivity index (χ2v) is 7.74. The lowest BCUT2D eigenvalue weighted by Crippen LogP contribution is -2.13. The van der Waals surface area contributed by atoms with Crippen LogP contribution in [0, 0.1) is 6.92 Å². The summed E-state index contributed by atoms with van der Waals surface area (Å²) in [5.41, 5.74) is 2.13. The summed E-state index contributed by atoms with van der Waals surface area (Å²) in [7, 11) is 1.58. The Balaban J connectivity index is 1.50. The van der Waals surface area contributed by atoms with Gasteiger partial charge >= 0.3 is 0 Å². The molecule has 0 radical (unpaired) electrons. The highest BCUT2D eigenvalue weighted by Gasteiger charge is 2.08. The van der Waals surface area contributed by atoms with Crippen molar-refractivity contribution < 1.29 is 14.3 Å². The van der Waals surface area contributed by atoms with Crippen molar-refractivity contribution >= 4 is 45.7 Å². The number of anilines is 2. The van der Waals surface area contributed by atoms with Gasteiger partial charge in [-0.2, -0.15) is 0 Å². The predicted octanol–water partition coefficient (Wildman–Crippen LogP) is 4.44. The van der Waals surface area contributed by atoms with Crippen molar-refractivity contribution in [2.45, 2.75) is 11.8 Å². The highest BCUT2D eigenvalue weighted by atomic mass is 32.2. The second kappa shape index (κ2) is 9.38. The minimum Gasteiger partial charge on any atom is -0.497 e. The molecule has 0 spiro atoms. The van der Waals surface area contributed by atoms with E-state index in [1.165, 1.54) is 23.1 Å². The van der Waals surface area contributed by atoms with Gasteiger partial charge in [0, 0.05) is 21.5 Å². The smallest absolute Gasteiger partial charge is 0.255 e. The number of thiazole rings is 1. The van der Waals surface area contributed by atoms with Crippen molar-refractivity contribution in [2.24, 2.45) is 0 Å². The number of hydrogen-bond acceptors (Lipinski definition) is 6. The zero-order valence-corrected chi connectivity index (χ0v) is 17.0. The number of benzene rings is 2. The lowest BCUT2D eigenvalue weighted by Gasteiger charge is -2.07. The molecular weight excluding hydrogens is 394 g/mol. The van der Waals surface area contributed by atoms with Gasteiger partial charge in [0.25, 0.3) is 5.91 Å². The first-order valence-electron chi connectivity index (χ1n) is 8.44. The largest absolute Gasteiger partial charge is 0.497 e. The molecule has 1 aromatic heterocycles. The van der Waals surface area contributed by atoms with E-state index in [2.05, 4.69) is 15.6 Å². The van der Waals surface area contributed by atoms with E-state index in [4.69, 9.17) is 4.74 Å². The number of amides is 2. The van der Waals surface area contributed by atoms with Crippen LogP contribution in [0.1, 0.15) is 16.1 Å². The highest BCUT2D eigenvalue weighted by molar-refractivity contribution is 8.00. The summed E-state index contributed by atoms with van der Waals surface area (Å²) in [5.74, 6) is 0.695. The molecule has 0 atom stereocenters. The van der Waals surface area contributed by atoms with Crippen molar-refractivity contribution in [1.29, 1.82) is 0 Å². The maximum absolute atomic E-state index is 12.3. The number of nitrogens with one attached hydrogen (secondary N) is 2. The summed E-state index contributed by atoms with van der Waals surface area (Å²) in [6, 6.07) is 14.3. The van der Waals surface area contributed by atoms with Crippen LogP contribution in [0.15, 0.2) is 58.8 Å². The number of aryl methyl sites for hydroxylation is 1. The quantitative estimate of drug-likeness (QED) is 0.560. The van der Waals surface area contributed by atoms with Crippen molar-refractivity contribution in [2.75, 3.05) is 23.5 Å². The standard InChI is InChI=1S/C20H19N3O3S2/c1-13-11-28-20(21-13)23-18(24)12-27-17-9-5-15(6-10-17)22-19(25)14-3-7-16(26-2)8-4-14/h3-11H,12H2,1-2H3,(H,22,25)(H,21,23,24). The molecule has 2 N–H and O–H groups in total. The Morgan fingerprint density at radius 2 is 1.79 bits per heavy atom. The van der Waals surface area contributed by atoms with Crippen LogP contribution < -0.4 is 15.4 Å². The molecule has 0 aliphatic carbocycles. The fraction of sp³-hybridized carbons (Fsp3) is 0.150. The van der Waals surface area contributed by atoms with E-state index in [0.29, 0.717) is 22.1 Å². The normalized spacial score (nSPS) is 10.4. The van der Waals surface area contributed by atoms with E-state index in [0.717, 1.165) is 10.6 Å². The van der Waals surface area contributed by atoms with E-state index in [1.54, 1.807) is 31.4 Å². The van der Waals surface area contributed by atoms with Crippen molar-refractivity contribution in [3.05, 3.63) is 65.2 Å². The fourth-order valence-corrected chi connectivity index (χ4v) is 3.70. The first-order chi connectivity index (χ1) is 13.5. The van der Waals surface area contributed by atoms with Crippen LogP contribution in [0.5, 0.6) is 5.75 Å². The Hall–Kier alpha value is -2.84. The maximum atomic E-state index is 12.3. The van der Waals surface area contributed by atoms with Crippen LogP contribution >= 0.6 is 23.1 Å². The average molecular weight is 414 g/mol. The third kappa shape index (κ3) is 5.58. The van der Waals surface area contributed by atoms with Crippen LogP contribution in [-0.4, -0.2) is 29.7 Å². The molecule has 144 valence electrons. The van der Waals surface area contributed by atoms with Gasteiger partial charge in [0.1, 0.15) is 5.75 Å². The Labute approximate surface area is 171 Å². The zero-order chi connectivity index (χ0) is 19.9.